The summed E-state index contributed by atoms with van der Waals surface area (Å²) < 4.78 is 7.73. The molecule has 0 radical (unpaired) electrons. The van der Waals surface area contributed by atoms with E-state index in [2.05, 4.69) is 21.4 Å². The van der Waals surface area contributed by atoms with Gasteiger partial charge in [0.1, 0.15) is 11.6 Å². The van der Waals surface area contributed by atoms with E-state index < -0.39 is 0 Å². The molecule has 136 valence electrons. The predicted octanol–water partition coefficient (Wildman–Crippen LogP) is 4.19. The zero-order valence-electron chi connectivity index (χ0n) is 15.3. The van der Waals surface area contributed by atoms with Gasteiger partial charge in [0.05, 0.1) is 18.0 Å². The number of imidazole rings is 1. The average molecular weight is 359 g/mol. The molecule has 4 rings (SSSR count). The van der Waals surface area contributed by atoms with Crippen LogP contribution in [0.1, 0.15) is 19.4 Å². The molecule has 0 aliphatic heterocycles. The van der Waals surface area contributed by atoms with Gasteiger partial charge in [-0.15, -0.1) is 5.10 Å². The van der Waals surface area contributed by atoms with Crippen LogP contribution in [0.15, 0.2) is 67.1 Å². The van der Waals surface area contributed by atoms with Crippen molar-refractivity contribution >= 4 is 11.5 Å². The summed E-state index contributed by atoms with van der Waals surface area (Å²) in [6, 6.07) is 15.8. The number of rotatable bonds is 6. The Morgan fingerprint density at radius 2 is 1.85 bits per heavy atom. The van der Waals surface area contributed by atoms with Gasteiger partial charge >= 0.3 is 0 Å². The number of fused-ring (bicyclic) bond motifs is 1. The number of pyridine rings is 1. The maximum absolute atomic E-state index is 5.89. The minimum atomic E-state index is 0.134. The molecule has 0 saturated carbocycles. The molecule has 1 aromatic carbocycles. The van der Waals surface area contributed by atoms with Crippen LogP contribution in [0, 0.1) is 0 Å². The number of hydrogen-bond donors (Lipinski definition) is 1. The topological polar surface area (TPSA) is 64.3 Å². The van der Waals surface area contributed by atoms with Crippen LogP contribution in [0.4, 0.5) is 5.82 Å². The van der Waals surface area contributed by atoms with E-state index in [1.54, 1.807) is 12.4 Å². The van der Waals surface area contributed by atoms with Crippen molar-refractivity contribution in [2.45, 2.75) is 26.5 Å². The van der Waals surface area contributed by atoms with E-state index in [0.717, 1.165) is 34.0 Å². The number of para-hydroxylation sites is 1. The van der Waals surface area contributed by atoms with Crippen LogP contribution < -0.4 is 10.1 Å². The molecule has 4 aromatic rings. The van der Waals surface area contributed by atoms with Crippen LogP contribution in [0.5, 0.6) is 5.75 Å². The summed E-state index contributed by atoms with van der Waals surface area (Å²) in [5.41, 5.74) is 3.85. The third-order valence-corrected chi connectivity index (χ3v) is 4.13. The predicted molar refractivity (Wildman–Crippen MR) is 106 cm³/mol. The number of nitrogens with one attached hydrogen (secondary N) is 1. The lowest BCUT2D eigenvalue weighted by atomic mass is 10.2. The summed E-state index contributed by atoms with van der Waals surface area (Å²) in [7, 11) is 0. The third-order valence-electron chi connectivity index (χ3n) is 4.13. The van der Waals surface area contributed by atoms with E-state index >= 15 is 0 Å². The van der Waals surface area contributed by atoms with E-state index in [1.807, 2.05) is 67.0 Å². The molecule has 0 aliphatic rings. The van der Waals surface area contributed by atoms with Crippen LogP contribution in [-0.2, 0) is 6.54 Å². The van der Waals surface area contributed by atoms with E-state index in [1.165, 1.54) is 0 Å². The Morgan fingerprint density at radius 1 is 1.04 bits per heavy atom. The monoisotopic (exact) mass is 359 g/mol. The first-order valence-electron chi connectivity index (χ1n) is 8.94. The zero-order chi connectivity index (χ0) is 18.6. The maximum Gasteiger partial charge on any atom is 0.154 e. The van der Waals surface area contributed by atoms with Gasteiger partial charge in [0.15, 0.2) is 5.65 Å². The van der Waals surface area contributed by atoms with E-state index in [4.69, 9.17) is 9.84 Å². The van der Waals surface area contributed by atoms with E-state index in [9.17, 15) is 0 Å². The number of ether oxygens (including phenoxy) is 1. The lowest BCUT2D eigenvalue weighted by molar-refractivity contribution is 0.240. The Labute approximate surface area is 157 Å². The minimum absolute atomic E-state index is 0.134. The maximum atomic E-state index is 5.89. The van der Waals surface area contributed by atoms with Crippen molar-refractivity contribution in [1.29, 1.82) is 0 Å². The molecule has 0 bridgehead atoms. The first kappa shape index (κ1) is 17.0. The van der Waals surface area contributed by atoms with Crippen LogP contribution >= 0.6 is 0 Å². The van der Waals surface area contributed by atoms with Gasteiger partial charge in [0.2, 0.25) is 0 Å². The van der Waals surface area contributed by atoms with Gasteiger partial charge in [-0.25, -0.2) is 9.50 Å². The van der Waals surface area contributed by atoms with Crippen molar-refractivity contribution in [2.24, 2.45) is 0 Å². The molecular formula is C21H21N5O. The van der Waals surface area contributed by atoms with Gasteiger partial charge in [-0.1, -0.05) is 18.2 Å². The summed E-state index contributed by atoms with van der Waals surface area (Å²) in [6.45, 7) is 4.68. The fourth-order valence-electron chi connectivity index (χ4n) is 2.89. The van der Waals surface area contributed by atoms with Crippen molar-refractivity contribution in [1.82, 2.24) is 19.6 Å². The van der Waals surface area contributed by atoms with E-state index in [-0.39, 0.29) is 6.10 Å². The van der Waals surface area contributed by atoms with Crippen molar-refractivity contribution in [2.75, 3.05) is 5.32 Å². The Bertz CT molecular complexity index is 1040. The summed E-state index contributed by atoms with van der Waals surface area (Å²) >= 11 is 0. The van der Waals surface area contributed by atoms with Gasteiger partial charge < -0.3 is 10.1 Å². The van der Waals surface area contributed by atoms with Crippen LogP contribution in [0.2, 0.25) is 0 Å². The molecule has 0 atom stereocenters. The lowest BCUT2D eigenvalue weighted by Crippen LogP contribution is -2.10. The summed E-state index contributed by atoms with van der Waals surface area (Å²) in [6.07, 6.45) is 5.49. The second-order valence-corrected chi connectivity index (χ2v) is 6.50. The highest BCUT2D eigenvalue weighted by Gasteiger charge is 2.09. The molecule has 3 aromatic heterocycles. The quantitative estimate of drug-likeness (QED) is 0.559. The molecule has 0 spiro atoms. The second-order valence-electron chi connectivity index (χ2n) is 6.50. The first-order chi connectivity index (χ1) is 13.2. The molecule has 27 heavy (non-hydrogen) atoms. The van der Waals surface area contributed by atoms with Gasteiger partial charge in [-0.05, 0) is 44.2 Å². The second kappa shape index (κ2) is 7.45. The number of hydrogen-bond acceptors (Lipinski definition) is 5. The molecule has 0 unspecified atom stereocenters. The highest BCUT2D eigenvalue weighted by atomic mass is 16.5. The van der Waals surface area contributed by atoms with Gasteiger partial charge in [0, 0.05) is 30.1 Å². The smallest absolute Gasteiger partial charge is 0.154 e. The zero-order valence-corrected chi connectivity index (χ0v) is 15.3. The molecular weight excluding hydrogens is 338 g/mol. The summed E-state index contributed by atoms with van der Waals surface area (Å²) in [5.74, 6) is 1.66. The fraction of sp³-hybridized carbons (Fsp3) is 0.190. The Kier molecular flexibility index (Phi) is 4.70. The molecule has 0 saturated heterocycles. The Balaban J connectivity index is 1.59. The third kappa shape index (κ3) is 3.74. The summed E-state index contributed by atoms with van der Waals surface area (Å²) in [5, 5.41) is 8.08. The summed E-state index contributed by atoms with van der Waals surface area (Å²) in [4.78, 5) is 8.50. The number of aromatic nitrogens is 4. The average Bonchev–Trinajstić information content (AvgIpc) is 3.11. The van der Waals surface area contributed by atoms with Crippen LogP contribution in [-0.4, -0.2) is 25.7 Å². The molecule has 0 amide bonds. The van der Waals surface area contributed by atoms with Crippen molar-refractivity contribution in [3.63, 3.8) is 0 Å². The molecule has 1 N–H and O–H groups in total. The van der Waals surface area contributed by atoms with Crippen molar-refractivity contribution in [3.8, 4) is 17.0 Å². The van der Waals surface area contributed by atoms with Gasteiger partial charge in [-0.2, -0.15) is 0 Å². The number of nitrogens with zero attached hydrogens (tertiary/aromatic N) is 4. The Hall–Kier alpha value is -3.41. The first-order valence-corrected chi connectivity index (χ1v) is 8.94. The van der Waals surface area contributed by atoms with Gasteiger partial charge in [-0.3, -0.25) is 4.98 Å². The van der Waals surface area contributed by atoms with Crippen molar-refractivity contribution in [3.05, 3.63) is 72.7 Å². The number of benzene rings is 1. The molecule has 0 fully saturated rings. The molecule has 0 aliphatic carbocycles. The SMILES string of the molecule is CC(C)Oc1ccccc1CNc1ccc2ncc(-c3ccncc3)n2n1. The lowest BCUT2D eigenvalue weighted by Gasteiger charge is -2.15. The minimum Gasteiger partial charge on any atom is -0.491 e. The highest BCUT2D eigenvalue weighted by molar-refractivity contribution is 5.63. The molecule has 6 nitrogen and oxygen atoms in total. The Morgan fingerprint density at radius 3 is 2.67 bits per heavy atom. The van der Waals surface area contributed by atoms with E-state index in [0.29, 0.717) is 6.54 Å². The largest absolute Gasteiger partial charge is 0.491 e. The molecule has 3 heterocycles. The molecule has 6 heteroatoms. The normalized spacial score (nSPS) is 11.1. The van der Waals surface area contributed by atoms with Gasteiger partial charge in [0.25, 0.3) is 0 Å². The number of anilines is 1. The van der Waals surface area contributed by atoms with Crippen LogP contribution in [0.3, 0.4) is 0 Å². The standard InChI is InChI=1S/C21H21N5O/c1-15(2)27-19-6-4-3-5-17(19)13-23-20-7-8-21-24-14-18(26(21)25-20)16-9-11-22-12-10-16/h3-12,14-15H,13H2,1-2H3,(H,23,25). The highest BCUT2D eigenvalue weighted by Crippen LogP contribution is 2.22. The fourth-order valence-corrected chi connectivity index (χ4v) is 2.89. The van der Waals surface area contributed by atoms with Crippen LogP contribution in [0.25, 0.3) is 16.9 Å². The van der Waals surface area contributed by atoms with Crippen molar-refractivity contribution < 1.29 is 4.74 Å².